The van der Waals surface area contributed by atoms with E-state index in [1.165, 1.54) is 0 Å². The van der Waals surface area contributed by atoms with Gasteiger partial charge in [-0.15, -0.1) is 0 Å². The molecule has 0 bridgehead atoms. The molecule has 0 amide bonds. The van der Waals surface area contributed by atoms with E-state index in [0.29, 0.717) is 10.6 Å². The standard InChI is InChI=1S/C10H6ClNO3/c11-7-3-1-6(2-4-7)9-8(10(13)14)12-5-15-9/h1-5H,(H,13,14)/p-1. The van der Waals surface area contributed by atoms with Gasteiger partial charge in [0.25, 0.3) is 0 Å². The third-order valence-corrected chi connectivity index (χ3v) is 2.12. The van der Waals surface area contributed by atoms with E-state index in [1.54, 1.807) is 24.3 Å². The number of carbonyl (C=O) groups is 1. The van der Waals surface area contributed by atoms with Gasteiger partial charge in [0, 0.05) is 10.6 Å². The highest BCUT2D eigenvalue weighted by Gasteiger charge is 2.10. The van der Waals surface area contributed by atoms with Gasteiger partial charge in [-0.3, -0.25) is 0 Å². The maximum absolute atomic E-state index is 10.7. The molecular weight excluding hydrogens is 218 g/mol. The van der Waals surface area contributed by atoms with Crippen LogP contribution in [0, 0.1) is 0 Å². The summed E-state index contributed by atoms with van der Waals surface area (Å²) in [4.78, 5) is 14.2. The van der Waals surface area contributed by atoms with Crippen LogP contribution in [0.15, 0.2) is 35.1 Å². The van der Waals surface area contributed by atoms with Crippen LogP contribution in [0.3, 0.4) is 0 Å². The van der Waals surface area contributed by atoms with Gasteiger partial charge in [-0.1, -0.05) is 11.6 Å². The smallest absolute Gasteiger partial charge is 0.182 e. The second-order valence-electron chi connectivity index (χ2n) is 2.82. The maximum Gasteiger partial charge on any atom is 0.182 e. The van der Waals surface area contributed by atoms with Crippen molar-refractivity contribution in [2.45, 2.75) is 0 Å². The lowest BCUT2D eigenvalue weighted by Gasteiger charge is -2.01. The summed E-state index contributed by atoms with van der Waals surface area (Å²) in [6.45, 7) is 0. The van der Waals surface area contributed by atoms with Crippen LogP contribution in [-0.2, 0) is 0 Å². The van der Waals surface area contributed by atoms with E-state index in [1.807, 2.05) is 0 Å². The topological polar surface area (TPSA) is 66.2 Å². The van der Waals surface area contributed by atoms with Crippen LogP contribution in [0.25, 0.3) is 11.3 Å². The molecule has 2 aromatic rings. The molecule has 0 unspecified atom stereocenters. The van der Waals surface area contributed by atoms with Crippen LogP contribution in [0.2, 0.25) is 5.02 Å². The van der Waals surface area contributed by atoms with E-state index in [9.17, 15) is 9.90 Å². The Labute approximate surface area is 90.1 Å². The Morgan fingerprint density at radius 3 is 2.60 bits per heavy atom. The first-order valence-electron chi connectivity index (χ1n) is 4.09. The van der Waals surface area contributed by atoms with E-state index in [2.05, 4.69) is 4.98 Å². The Morgan fingerprint density at radius 1 is 1.33 bits per heavy atom. The fourth-order valence-corrected chi connectivity index (χ4v) is 1.32. The summed E-state index contributed by atoms with van der Waals surface area (Å²) in [5, 5.41) is 11.2. The number of benzene rings is 1. The Kier molecular flexibility index (Phi) is 2.43. The van der Waals surface area contributed by atoms with Crippen molar-refractivity contribution in [2.24, 2.45) is 0 Å². The average Bonchev–Trinajstić information content (AvgIpc) is 2.67. The zero-order valence-electron chi connectivity index (χ0n) is 7.44. The van der Waals surface area contributed by atoms with Gasteiger partial charge >= 0.3 is 0 Å². The predicted octanol–water partition coefficient (Wildman–Crippen LogP) is 1.36. The monoisotopic (exact) mass is 222 g/mol. The number of nitrogens with zero attached hydrogens (tertiary/aromatic N) is 1. The lowest BCUT2D eigenvalue weighted by molar-refractivity contribution is -0.255. The van der Waals surface area contributed by atoms with Gasteiger partial charge in [0.2, 0.25) is 0 Å². The zero-order valence-corrected chi connectivity index (χ0v) is 8.19. The van der Waals surface area contributed by atoms with Crippen LogP contribution in [0.4, 0.5) is 0 Å². The molecule has 0 spiro atoms. The Morgan fingerprint density at radius 2 is 2.00 bits per heavy atom. The number of aromatic nitrogens is 1. The van der Waals surface area contributed by atoms with Crippen molar-refractivity contribution < 1.29 is 14.3 Å². The molecule has 4 nitrogen and oxygen atoms in total. The average molecular weight is 223 g/mol. The van der Waals surface area contributed by atoms with Crippen molar-refractivity contribution in [1.29, 1.82) is 0 Å². The minimum Gasteiger partial charge on any atom is -0.543 e. The van der Waals surface area contributed by atoms with Gasteiger partial charge in [0.15, 0.2) is 12.2 Å². The van der Waals surface area contributed by atoms with Crippen LogP contribution in [-0.4, -0.2) is 11.0 Å². The third kappa shape index (κ3) is 1.85. The molecular formula is C10H5ClNO3-. The summed E-state index contributed by atoms with van der Waals surface area (Å²) in [5.41, 5.74) is 0.383. The normalized spacial score (nSPS) is 10.2. The predicted molar refractivity (Wildman–Crippen MR) is 51.3 cm³/mol. The van der Waals surface area contributed by atoms with Crippen molar-refractivity contribution in [1.82, 2.24) is 4.98 Å². The van der Waals surface area contributed by atoms with Crippen molar-refractivity contribution in [3.63, 3.8) is 0 Å². The molecule has 0 atom stereocenters. The first-order chi connectivity index (χ1) is 7.18. The number of rotatable bonds is 2. The van der Waals surface area contributed by atoms with E-state index in [0.717, 1.165) is 6.39 Å². The highest BCUT2D eigenvalue weighted by Crippen LogP contribution is 2.24. The molecule has 1 heterocycles. The Bertz CT molecular complexity index is 490. The molecule has 0 N–H and O–H groups in total. The van der Waals surface area contributed by atoms with E-state index in [-0.39, 0.29) is 11.5 Å². The molecule has 1 aromatic heterocycles. The molecule has 0 saturated carbocycles. The number of carboxylic acid groups (broad SMARTS) is 1. The van der Waals surface area contributed by atoms with E-state index in [4.69, 9.17) is 16.0 Å². The summed E-state index contributed by atoms with van der Waals surface area (Å²) in [6.07, 6.45) is 1.06. The highest BCUT2D eigenvalue weighted by molar-refractivity contribution is 6.30. The van der Waals surface area contributed by atoms with Crippen LogP contribution in [0.1, 0.15) is 10.5 Å². The largest absolute Gasteiger partial charge is 0.543 e. The fourth-order valence-electron chi connectivity index (χ4n) is 1.20. The summed E-state index contributed by atoms with van der Waals surface area (Å²) in [7, 11) is 0. The molecule has 1 aromatic carbocycles. The maximum atomic E-state index is 10.7. The highest BCUT2D eigenvalue weighted by atomic mass is 35.5. The Balaban J connectivity index is 2.49. The van der Waals surface area contributed by atoms with Gasteiger partial charge in [-0.25, -0.2) is 4.98 Å². The molecule has 76 valence electrons. The van der Waals surface area contributed by atoms with Gasteiger partial charge in [0.05, 0.1) is 5.97 Å². The zero-order chi connectivity index (χ0) is 10.8. The minimum atomic E-state index is -1.37. The van der Waals surface area contributed by atoms with Crippen LogP contribution >= 0.6 is 11.6 Å². The molecule has 0 aliphatic heterocycles. The third-order valence-electron chi connectivity index (χ3n) is 1.87. The fraction of sp³-hybridized carbons (Fsp3) is 0. The van der Waals surface area contributed by atoms with E-state index >= 15 is 0 Å². The number of oxazole rings is 1. The number of carboxylic acids is 1. The number of aromatic carboxylic acids is 1. The molecule has 0 radical (unpaired) electrons. The van der Waals surface area contributed by atoms with Gasteiger partial charge in [0.1, 0.15) is 5.69 Å². The number of hydrogen-bond acceptors (Lipinski definition) is 4. The summed E-state index contributed by atoms with van der Waals surface area (Å²) >= 11 is 5.70. The first-order valence-corrected chi connectivity index (χ1v) is 4.47. The number of hydrogen-bond donors (Lipinski definition) is 0. The van der Waals surface area contributed by atoms with Gasteiger partial charge in [-0.05, 0) is 24.3 Å². The lowest BCUT2D eigenvalue weighted by atomic mass is 10.1. The Hall–Kier alpha value is -1.81. The molecule has 2 rings (SSSR count). The number of halogens is 1. The van der Waals surface area contributed by atoms with Crippen molar-refractivity contribution in [2.75, 3.05) is 0 Å². The van der Waals surface area contributed by atoms with Gasteiger partial charge < -0.3 is 14.3 Å². The number of carbonyl (C=O) groups excluding carboxylic acids is 1. The minimum absolute atomic E-state index is 0.173. The SMILES string of the molecule is O=C([O-])c1ncoc1-c1ccc(Cl)cc1. The van der Waals surface area contributed by atoms with Crippen LogP contribution < -0.4 is 5.11 Å². The van der Waals surface area contributed by atoms with Gasteiger partial charge in [-0.2, -0.15) is 0 Å². The summed E-state index contributed by atoms with van der Waals surface area (Å²) < 4.78 is 4.98. The van der Waals surface area contributed by atoms with Crippen molar-refractivity contribution in [3.05, 3.63) is 41.4 Å². The summed E-state index contributed by atoms with van der Waals surface area (Å²) in [6, 6.07) is 6.57. The molecule has 0 aliphatic rings. The quantitative estimate of drug-likeness (QED) is 0.770. The van der Waals surface area contributed by atoms with Crippen molar-refractivity contribution in [3.8, 4) is 11.3 Å². The first kappa shape index (κ1) is 9.73. The van der Waals surface area contributed by atoms with E-state index < -0.39 is 5.97 Å². The molecule has 5 heteroatoms. The lowest BCUT2D eigenvalue weighted by Crippen LogP contribution is -2.23. The molecule has 0 fully saturated rings. The molecule has 0 aliphatic carbocycles. The second kappa shape index (κ2) is 3.74. The summed E-state index contributed by atoms with van der Waals surface area (Å²) in [5.74, 6) is -1.19. The molecule has 15 heavy (non-hydrogen) atoms. The second-order valence-corrected chi connectivity index (χ2v) is 3.26. The van der Waals surface area contributed by atoms with Crippen LogP contribution in [0.5, 0.6) is 0 Å². The van der Waals surface area contributed by atoms with Crippen molar-refractivity contribution >= 4 is 17.6 Å². The molecule has 0 saturated heterocycles.